The molecule has 0 aliphatic carbocycles. The van der Waals surface area contributed by atoms with Gasteiger partial charge in [-0.3, -0.25) is 10.00 Å². The number of nitrogens with one attached hydrogen (secondary N) is 1. The van der Waals surface area contributed by atoms with Crippen LogP contribution in [0.2, 0.25) is 0 Å². The largest absolute Gasteiger partial charge is 0.328 e. The summed E-state index contributed by atoms with van der Waals surface area (Å²) in [6.45, 7) is 5.31. The molecule has 0 radical (unpaired) electrons. The van der Waals surface area contributed by atoms with E-state index in [1.807, 2.05) is 6.20 Å². The highest BCUT2D eigenvalue weighted by molar-refractivity contribution is 5.14. The Morgan fingerprint density at radius 2 is 2.29 bits per heavy atom. The van der Waals surface area contributed by atoms with Crippen molar-refractivity contribution in [3.8, 4) is 0 Å². The van der Waals surface area contributed by atoms with E-state index in [9.17, 15) is 0 Å². The average Bonchev–Trinajstić information content (AvgIpc) is 2.56. The first-order valence-electron chi connectivity index (χ1n) is 5.22. The standard InChI is InChI=1S/C10H18N4/c1-8-9(6-12-13-8)7-14-4-2-10(11)3-5-14/h6,10H,2-5,7,11H2,1H3,(H,12,13). The lowest BCUT2D eigenvalue weighted by Crippen LogP contribution is -2.39. The van der Waals surface area contributed by atoms with Gasteiger partial charge < -0.3 is 5.73 Å². The van der Waals surface area contributed by atoms with E-state index in [4.69, 9.17) is 5.73 Å². The molecule has 0 atom stereocenters. The van der Waals surface area contributed by atoms with E-state index in [1.54, 1.807) is 0 Å². The Kier molecular flexibility index (Phi) is 2.84. The van der Waals surface area contributed by atoms with Gasteiger partial charge >= 0.3 is 0 Å². The summed E-state index contributed by atoms with van der Waals surface area (Å²) in [4.78, 5) is 2.45. The number of aromatic nitrogens is 2. The fourth-order valence-electron chi connectivity index (χ4n) is 1.89. The zero-order valence-corrected chi connectivity index (χ0v) is 8.66. The molecule has 2 rings (SSSR count). The molecule has 1 aromatic heterocycles. The molecule has 0 unspecified atom stereocenters. The molecule has 2 heterocycles. The van der Waals surface area contributed by atoms with Crippen LogP contribution in [0.1, 0.15) is 24.1 Å². The number of hydrogen-bond acceptors (Lipinski definition) is 3. The molecule has 3 N–H and O–H groups in total. The highest BCUT2D eigenvalue weighted by Gasteiger charge is 2.16. The minimum atomic E-state index is 0.414. The van der Waals surface area contributed by atoms with Crippen molar-refractivity contribution in [1.29, 1.82) is 0 Å². The predicted molar refractivity (Wildman–Crippen MR) is 55.8 cm³/mol. The minimum Gasteiger partial charge on any atom is -0.328 e. The molecular formula is C10H18N4. The van der Waals surface area contributed by atoms with Gasteiger partial charge in [0.15, 0.2) is 0 Å². The molecule has 14 heavy (non-hydrogen) atoms. The van der Waals surface area contributed by atoms with E-state index < -0.39 is 0 Å². The van der Waals surface area contributed by atoms with E-state index in [-0.39, 0.29) is 0 Å². The van der Waals surface area contributed by atoms with Crippen LogP contribution in [0.3, 0.4) is 0 Å². The molecule has 0 saturated carbocycles. The monoisotopic (exact) mass is 194 g/mol. The van der Waals surface area contributed by atoms with Crippen LogP contribution >= 0.6 is 0 Å². The van der Waals surface area contributed by atoms with Crippen LogP contribution in [0.25, 0.3) is 0 Å². The van der Waals surface area contributed by atoms with Crippen molar-refractivity contribution in [2.75, 3.05) is 13.1 Å². The second kappa shape index (κ2) is 4.11. The maximum atomic E-state index is 5.86. The number of rotatable bonds is 2. The van der Waals surface area contributed by atoms with Gasteiger partial charge in [-0.1, -0.05) is 0 Å². The van der Waals surface area contributed by atoms with Crippen molar-refractivity contribution < 1.29 is 0 Å². The highest BCUT2D eigenvalue weighted by atomic mass is 15.2. The summed E-state index contributed by atoms with van der Waals surface area (Å²) in [5.74, 6) is 0. The molecule has 0 spiro atoms. The number of nitrogens with zero attached hydrogens (tertiary/aromatic N) is 2. The van der Waals surface area contributed by atoms with Gasteiger partial charge in [0.05, 0.1) is 6.20 Å². The van der Waals surface area contributed by atoms with Gasteiger partial charge in [0.1, 0.15) is 0 Å². The van der Waals surface area contributed by atoms with E-state index in [0.29, 0.717) is 6.04 Å². The van der Waals surface area contributed by atoms with Gasteiger partial charge in [0, 0.05) is 23.8 Å². The Balaban J connectivity index is 1.89. The van der Waals surface area contributed by atoms with Crippen molar-refractivity contribution in [1.82, 2.24) is 15.1 Å². The Labute approximate surface area is 84.5 Å². The van der Waals surface area contributed by atoms with Gasteiger partial charge in [-0.15, -0.1) is 0 Å². The lowest BCUT2D eigenvalue weighted by molar-refractivity contribution is 0.205. The minimum absolute atomic E-state index is 0.414. The lowest BCUT2D eigenvalue weighted by Gasteiger charge is -2.29. The van der Waals surface area contributed by atoms with Crippen molar-refractivity contribution in [2.24, 2.45) is 5.73 Å². The van der Waals surface area contributed by atoms with E-state index in [2.05, 4.69) is 22.0 Å². The summed E-state index contributed by atoms with van der Waals surface area (Å²) in [7, 11) is 0. The number of aromatic amines is 1. The van der Waals surface area contributed by atoms with Crippen LogP contribution in [0.15, 0.2) is 6.20 Å². The molecule has 1 aromatic rings. The highest BCUT2D eigenvalue weighted by Crippen LogP contribution is 2.13. The van der Waals surface area contributed by atoms with Crippen molar-refractivity contribution in [2.45, 2.75) is 32.4 Å². The lowest BCUT2D eigenvalue weighted by atomic mass is 10.1. The smallest absolute Gasteiger partial charge is 0.0535 e. The number of likely N-dealkylation sites (tertiary alicyclic amines) is 1. The van der Waals surface area contributed by atoms with Crippen molar-refractivity contribution >= 4 is 0 Å². The topological polar surface area (TPSA) is 57.9 Å². The molecule has 1 saturated heterocycles. The average molecular weight is 194 g/mol. The normalized spacial score (nSPS) is 20.1. The number of hydrogen-bond donors (Lipinski definition) is 2. The summed E-state index contributed by atoms with van der Waals surface area (Å²) >= 11 is 0. The van der Waals surface area contributed by atoms with Gasteiger partial charge in [-0.2, -0.15) is 5.10 Å². The number of aryl methyl sites for hydroxylation is 1. The zero-order chi connectivity index (χ0) is 9.97. The van der Waals surface area contributed by atoms with E-state index in [0.717, 1.165) is 32.5 Å². The third-order valence-corrected chi connectivity index (χ3v) is 2.96. The summed E-state index contributed by atoms with van der Waals surface area (Å²) in [5.41, 5.74) is 8.34. The van der Waals surface area contributed by atoms with Gasteiger partial charge in [-0.25, -0.2) is 0 Å². The first-order chi connectivity index (χ1) is 6.75. The Morgan fingerprint density at radius 1 is 1.57 bits per heavy atom. The van der Waals surface area contributed by atoms with Crippen molar-refractivity contribution in [3.05, 3.63) is 17.5 Å². The summed E-state index contributed by atoms with van der Waals surface area (Å²) in [5, 5.41) is 6.99. The number of nitrogens with two attached hydrogens (primary N) is 1. The Bertz CT molecular complexity index is 286. The van der Waals surface area contributed by atoms with E-state index in [1.165, 1.54) is 11.3 Å². The van der Waals surface area contributed by atoms with Crippen LogP contribution in [-0.2, 0) is 6.54 Å². The molecule has 4 nitrogen and oxygen atoms in total. The quantitative estimate of drug-likeness (QED) is 0.726. The molecule has 1 aliphatic heterocycles. The molecule has 78 valence electrons. The van der Waals surface area contributed by atoms with E-state index >= 15 is 0 Å². The Hall–Kier alpha value is -0.870. The second-order valence-electron chi connectivity index (χ2n) is 4.13. The van der Waals surface area contributed by atoms with Crippen LogP contribution in [-0.4, -0.2) is 34.2 Å². The summed E-state index contributed by atoms with van der Waals surface area (Å²) < 4.78 is 0. The molecule has 1 aliphatic rings. The van der Waals surface area contributed by atoms with Gasteiger partial charge in [0.25, 0.3) is 0 Å². The number of piperidine rings is 1. The maximum Gasteiger partial charge on any atom is 0.0535 e. The van der Waals surface area contributed by atoms with Crippen LogP contribution < -0.4 is 5.73 Å². The van der Waals surface area contributed by atoms with Gasteiger partial charge in [0.2, 0.25) is 0 Å². The van der Waals surface area contributed by atoms with Crippen LogP contribution in [0.4, 0.5) is 0 Å². The zero-order valence-electron chi connectivity index (χ0n) is 8.66. The molecule has 1 fully saturated rings. The van der Waals surface area contributed by atoms with Gasteiger partial charge in [-0.05, 0) is 32.9 Å². The predicted octanol–water partition coefficient (Wildman–Crippen LogP) is 0.641. The second-order valence-corrected chi connectivity index (χ2v) is 4.13. The summed E-state index contributed by atoms with van der Waals surface area (Å²) in [6.07, 6.45) is 4.16. The van der Waals surface area contributed by atoms with Crippen LogP contribution in [0.5, 0.6) is 0 Å². The molecule has 0 bridgehead atoms. The molecule has 0 amide bonds. The molecule has 4 heteroatoms. The molecule has 0 aromatic carbocycles. The van der Waals surface area contributed by atoms with Crippen LogP contribution in [0, 0.1) is 6.92 Å². The fourth-order valence-corrected chi connectivity index (χ4v) is 1.89. The SMILES string of the molecule is Cc1[nH]ncc1CN1CCC(N)CC1. The number of H-pyrrole nitrogens is 1. The first kappa shape index (κ1) is 9.68. The maximum absolute atomic E-state index is 5.86. The third-order valence-electron chi connectivity index (χ3n) is 2.96. The van der Waals surface area contributed by atoms with Crippen molar-refractivity contribution in [3.63, 3.8) is 0 Å². The Morgan fingerprint density at radius 3 is 2.86 bits per heavy atom. The first-order valence-corrected chi connectivity index (χ1v) is 5.22. The fraction of sp³-hybridized carbons (Fsp3) is 0.700. The summed E-state index contributed by atoms with van der Waals surface area (Å²) in [6, 6.07) is 0.414. The molecular weight excluding hydrogens is 176 g/mol. The third kappa shape index (κ3) is 2.13.